The number of hydrogen-bond donors (Lipinski definition) is 4. The highest BCUT2D eigenvalue weighted by Gasteiger charge is 2.39. The first kappa shape index (κ1) is 49.8. The Bertz CT molecular complexity index is 1320. The molecule has 1 aliphatic rings. The summed E-state index contributed by atoms with van der Waals surface area (Å²) in [6.45, 7) is 3.17. The van der Waals surface area contributed by atoms with Crippen LogP contribution in [0.3, 0.4) is 0 Å². The number of Topliss-reactive ketones (excluding diaryl/α,β-unsaturated/α-hetero) is 1. The normalized spacial score (nSPS) is 19.5. The molecule has 11 nitrogen and oxygen atoms in total. The average Bonchev–Trinajstić information content (AvgIpc) is 3.41. The van der Waals surface area contributed by atoms with Crippen molar-refractivity contribution in [3.63, 3.8) is 0 Å². The first-order valence-electron chi connectivity index (χ1n) is 20.0. The molecule has 0 aliphatic heterocycles. The second-order valence-corrected chi connectivity index (χ2v) is 14.9. The van der Waals surface area contributed by atoms with Gasteiger partial charge in [-0.15, -0.1) is 0 Å². The summed E-state index contributed by atoms with van der Waals surface area (Å²) in [4.78, 5) is 55.4. The Morgan fingerprint density at radius 2 is 1.35 bits per heavy atom. The number of aliphatic hydroxyl groups excluding tert-OH is 2. The van der Waals surface area contributed by atoms with Gasteiger partial charge < -0.3 is 29.5 Å². The van der Waals surface area contributed by atoms with Gasteiger partial charge in [0.15, 0.2) is 6.10 Å². The maximum atomic E-state index is 12.5. The summed E-state index contributed by atoms with van der Waals surface area (Å²) in [5.74, 6) is -1.95. The maximum Gasteiger partial charge on any atom is 0.469 e. The number of aliphatic hydroxyl groups is 2. The SMILES string of the molecule is CC/C=C\C/C=C\C/C=C\C/C=C\C/C=C\CCCC(=O)OC[C@H](COP(=O)(O)O)OC(=O)CCC/C=C\C[C@H]1[C@@H](O)CC(=O)[C@@H]1/C=C/[C@@H](O)CCCCC. The molecular formula is C43H67O11P. The Labute approximate surface area is 329 Å². The molecule has 0 radical (unpaired) electrons. The number of unbranched alkanes of at least 4 members (excludes halogenated alkanes) is 4. The quantitative estimate of drug-likeness (QED) is 0.0229. The first-order valence-corrected chi connectivity index (χ1v) is 21.5. The molecular weight excluding hydrogens is 723 g/mol. The van der Waals surface area contributed by atoms with Crippen LogP contribution in [0.2, 0.25) is 0 Å². The lowest BCUT2D eigenvalue weighted by Gasteiger charge is -2.18. The van der Waals surface area contributed by atoms with E-state index >= 15 is 0 Å². The summed E-state index contributed by atoms with van der Waals surface area (Å²) in [6, 6.07) is 0. The van der Waals surface area contributed by atoms with E-state index in [1.54, 1.807) is 12.2 Å². The summed E-state index contributed by atoms with van der Waals surface area (Å²) < 4.78 is 26.3. The van der Waals surface area contributed by atoms with E-state index in [0.29, 0.717) is 38.5 Å². The standard InChI is InChI=1S/C43H67O11P/c1-3-5-7-8-9-10-11-12-13-14-15-16-17-18-19-20-25-29-42(47)52-34-37(35-53-55(49,50)51)54-43(48)30-26-22-21-24-28-38-39(41(46)33-40(38)45)32-31-36(44)27-23-6-4-2/h5,7,9-10,12-13,15-16,18-19,21,24,31-32,36-40,44-45H,3-4,6,8,11,14,17,20,22-23,25-30,33-35H2,1-2H3,(H2,49,50,51)/b7-5-,10-9-,13-12-,16-15-,19-18-,24-21-,32-31+/t36-,37+,38+,39+,40-/m0/s1. The third-order valence-electron chi connectivity index (χ3n) is 8.77. The molecule has 0 amide bonds. The van der Waals surface area contributed by atoms with Gasteiger partial charge in [-0.2, -0.15) is 0 Å². The zero-order chi connectivity index (χ0) is 40.6. The van der Waals surface area contributed by atoms with Gasteiger partial charge in [-0.05, 0) is 70.6 Å². The van der Waals surface area contributed by atoms with Gasteiger partial charge in [0.1, 0.15) is 12.4 Å². The van der Waals surface area contributed by atoms with E-state index in [1.807, 2.05) is 24.3 Å². The summed E-state index contributed by atoms with van der Waals surface area (Å²) in [5, 5.41) is 20.6. The van der Waals surface area contributed by atoms with Gasteiger partial charge in [0, 0.05) is 31.1 Å². The molecule has 0 spiro atoms. The lowest BCUT2D eigenvalue weighted by atomic mass is 9.90. The lowest BCUT2D eigenvalue weighted by molar-refractivity contribution is -0.161. The number of phosphoric acid groups is 1. The number of phosphoric ester groups is 1. The summed E-state index contributed by atoms with van der Waals surface area (Å²) >= 11 is 0. The molecule has 1 aliphatic carbocycles. The van der Waals surface area contributed by atoms with E-state index in [9.17, 15) is 29.2 Å². The first-order chi connectivity index (χ1) is 26.5. The number of rotatable bonds is 31. The highest BCUT2D eigenvalue weighted by atomic mass is 31.2. The van der Waals surface area contributed by atoms with Crippen LogP contribution in [0.1, 0.15) is 123 Å². The Balaban J connectivity index is 2.37. The summed E-state index contributed by atoms with van der Waals surface area (Å²) in [7, 11) is -4.85. The van der Waals surface area contributed by atoms with Crippen LogP contribution in [0, 0.1) is 11.8 Å². The number of ether oxygens (including phenoxy) is 2. The molecule has 0 aromatic rings. The van der Waals surface area contributed by atoms with Crippen LogP contribution in [0.4, 0.5) is 0 Å². The van der Waals surface area contributed by atoms with Crippen LogP contribution in [0.15, 0.2) is 85.1 Å². The fraction of sp³-hybridized carbons (Fsp3) is 0.605. The molecule has 1 rings (SSSR count). The van der Waals surface area contributed by atoms with Crippen molar-refractivity contribution < 1.29 is 52.9 Å². The van der Waals surface area contributed by atoms with E-state index < -0.39 is 57.2 Å². The van der Waals surface area contributed by atoms with Crippen LogP contribution < -0.4 is 0 Å². The van der Waals surface area contributed by atoms with Gasteiger partial charge in [-0.3, -0.25) is 18.9 Å². The lowest BCUT2D eigenvalue weighted by Crippen LogP contribution is -2.29. The van der Waals surface area contributed by atoms with Crippen molar-refractivity contribution in [1.82, 2.24) is 0 Å². The zero-order valence-electron chi connectivity index (χ0n) is 33.0. The Kier molecular flexibility index (Phi) is 29.0. The Hall–Kier alpha value is -3.18. The minimum absolute atomic E-state index is 0.00374. The smallest absolute Gasteiger partial charge is 0.462 e. The fourth-order valence-corrected chi connectivity index (χ4v) is 6.10. The van der Waals surface area contributed by atoms with Gasteiger partial charge >= 0.3 is 19.8 Å². The highest BCUT2D eigenvalue weighted by Crippen LogP contribution is 2.36. The molecule has 5 atom stereocenters. The fourth-order valence-electron chi connectivity index (χ4n) is 5.74. The predicted molar refractivity (Wildman–Crippen MR) is 217 cm³/mol. The number of carbonyl (C=O) groups excluding carboxylic acids is 3. The van der Waals surface area contributed by atoms with Crippen LogP contribution in [-0.2, 0) is 32.9 Å². The topological polar surface area (TPSA) is 177 Å². The molecule has 310 valence electrons. The summed E-state index contributed by atoms with van der Waals surface area (Å²) in [6.07, 6.45) is 36.8. The van der Waals surface area contributed by atoms with Crippen molar-refractivity contribution in [3.8, 4) is 0 Å². The van der Waals surface area contributed by atoms with Gasteiger partial charge in [-0.25, -0.2) is 4.57 Å². The van der Waals surface area contributed by atoms with E-state index in [2.05, 4.69) is 67.0 Å². The largest absolute Gasteiger partial charge is 0.469 e. The van der Waals surface area contributed by atoms with Gasteiger partial charge in [0.05, 0.1) is 18.8 Å². The third-order valence-corrected chi connectivity index (χ3v) is 9.26. The minimum Gasteiger partial charge on any atom is -0.462 e. The van der Waals surface area contributed by atoms with Crippen molar-refractivity contribution in [2.24, 2.45) is 11.8 Å². The molecule has 0 bridgehead atoms. The van der Waals surface area contributed by atoms with Crippen LogP contribution in [0.5, 0.6) is 0 Å². The average molecular weight is 791 g/mol. The van der Waals surface area contributed by atoms with E-state index in [4.69, 9.17) is 19.3 Å². The minimum atomic E-state index is -4.85. The van der Waals surface area contributed by atoms with Crippen LogP contribution >= 0.6 is 7.82 Å². The Morgan fingerprint density at radius 3 is 1.93 bits per heavy atom. The Morgan fingerprint density at radius 1 is 0.782 bits per heavy atom. The van der Waals surface area contributed by atoms with Crippen molar-refractivity contribution in [1.29, 1.82) is 0 Å². The highest BCUT2D eigenvalue weighted by molar-refractivity contribution is 7.46. The van der Waals surface area contributed by atoms with Crippen molar-refractivity contribution in [2.75, 3.05) is 13.2 Å². The molecule has 12 heteroatoms. The van der Waals surface area contributed by atoms with Crippen LogP contribution in [-0.4, -0.2) is 69.2 Å². The van der Waals surface area contributed by atoms with E-state index in [1.165, 1.54) is 0 Å². The molecule has 0 saturated heterocycles. The van der Waals surface area contributed by atoms with Crippen molar-refractivity contribution in [2.45, 2.75) is 141 Å². The maximum absolute atomic E-state index is 12.5. The molecule has 55 heavy (non-hydrogen) atoms. The number of hydrogen-bond acceptors (Lipinski definition) is 9. The van der Waals surface area contributed by atoms with Gasteiger partial charge in [0.2, 0.25) is 0 Å². The molecule has 0 aromatic carbocycles. The molecule has 0 aromatic heterocycles. The third kappa shape index (κ3) is 28.0. The van der Waals surface area contributed by atoms with E-state index in [0.717, 1.165) is 51.4 Å². The number of carbonyl (C=O) groups is 3. The number of allylic oxidation sites excluding steroid dienone is 13. The second-order valence-electron chi connectivity index (χ2n) is 13.7. The molecule has 1 fully saturated rings. The van der Waals surface area contributed by atoms with Crippen LogP contribution in [0.25, 0.3) is 0 Å². The number of esters is 2. The van der Waals surface area contributed by atoms with Crippen molar-refractivity contribution >= 4 is 25.5 Å². The second kappa shape index (κ2) is 32.0. The number of ketones is 1. The zero-order valence-corrected chi connectivity index (χ0v) is 33.9. The predicted octanol–water partition coefficient (Wildman–Crippen LogP) is 8.65. The van der Waals surface area contributed by atoms with Gasteiger partial charge in [0.25, 0.3) is 0 Å². The molecule has 0 heterocycles. The monoisotopic (exact) mass is 790 g/mol. The molecule has 1 saturated carbocycles. The molecule has 4 N–H and O–H groups in total. The van der Waals surface area contributed by atoms with E-state index in [-0.39, 0.29) is 31.0 Å². The van der Waals surface area contributed by atoms with Crippen molar-refractivity contribution in [3.05, 3.63) is 85.1 Å². The van der Waals surface area contributed by atoms with Gasteiger partial charge in [-0.1, -0.05) is 118 Å². The molecule has 0 unspecified atom stereocenters. The summed E-state index contributed by atoms with van der Waals surface area (Å²) in [5.41, 5.74) is 0.